The van der Waals surface area contributed by atoms with Gasteiger partial charge in [0, 0.05) is 28.2 Å². The van der Waals surface area contributed by atoms with Crippen LogP contribution in [-0.4, -0.2) is 57.2 Å². The van der Waals surface area contributed by atoms with Crippen molar-refractivity contribution in [3.63, 3.8) is 0 Å². The molecule has 0 bridgehead atoms. The molecule has 0 aromatic heterocycles. The summed E-state index contributed by atoms with van der Waals surface area (Å²) in [6.45, 7) is 5.65. The van der Waals surface area contributed by atoms with Crippen LogP contribution in [0.3, 0.4) is 0 Å². The van der Waals surface area contributed by atoms with Gasteiger partial charge in [-0.15, -0.1) is 0 Å². The molecular weight excluding hydrogens is 590 g/mol. The van der Waals surface area contributed by atoms with Crippen LogP contribution in [0.1, 0.15) is 66.1 Å². The molecule has 4 rings (SSSR count). The second-order valence-corrected chi connectivity index (χ2v) is 13.1. The maximum Gasteiger partial charge on any atom is 0.255 e. The Labute approximate surface area is 258 Å². The molecule has 0 saturated heterocycles. The molecule has 230 valence electrons. The molecule has 2 aromatic rings. The van der Waals surface area contributed by atoms with E-state index in [1.165, 1.54) is 7.11 Å². The van der Waals surface area contributed by atoms with Crippen molar-refractivity contribution < 1.29 is 27.6 Å². The predicted octanol–water partition coefficient (Wildman–Crippen LogP) is 5.23. The molecule has 2 aliphatic rings. The summed E-state index contributed by atoms with van der Waals surface area (Å²) in [7, 11) is -2.08. The second kappa shape index (κ2) is 14.4. The topological polar surface area (TPSA) is 114 Å². The number of methoxy groups -OCH3 is 1. The van der Waals surface area contributed by atoms with Crippen molar-refractivity contribution in [2.75, 3.05) is 20.0 Å². The third kappa shape index (κ3) is 7.75. The van der Waals surface area contributed by atoms with Crippen LogP contribution < -0.4 is 14.9 Å². The maximum atomic E-state index is 14.4. The maximum absolute atomic E-state index is 14.4. The highest BCUT2D eigenvalue weighted by atomic mass is 35.5. The summed E-state index contributed by atoms with van der Waals surface area (Å²) >= 11 is 6.24. The van der Waals surface area contributed by atoms with E-state index >= 15 is 0 Å². The number of halogens is 1. The standard InChI is InChI=1S/C32H38ClN3O6S/c1-5-6-7-11-21(2)20-42-34-31(37)29-28-24(12-10-15-27(28)41-3)32(38)36(30(29)22-16-18-23(33)19-17-22)26-14-9-8-13-25(26)35-43(4,39)40/h5-7,10-12,15-19,25-26,29-30,35H,1,8-9,13-14,20H2,2-4H3,(H,34,37)/b7-6-,21-11+/t25-,26?,29+,30-/m0/s1. The van der Waals surface area contributed by atoms with Gasteiger partial charge in [-0.3, -0.25) is 14.4 Å². The Balaban J connectivity index is 1.83. The fourth-order valence-electron chi connectivity index (χ4n) is 5.95. The summed E-state index contributed by atoms with van der Waals surface area (Å²) in [5.41, 5.74) is 4.90. The van der Waals surface area contributed by atoms with Crippen LogP contribution in [-0.2, 0) is 19.7 Å². The van der Waals surface area contributed by atoms with Crippen molar-refractivity contribution in [2.45, 2.75) is 56.7 Å². The minimum Gasteiger partial charge on any atom is -0.496 e. The molecular formula is C32H38ClN3O6S. The Bertz CT molecular complexity index is 1510. The summed E-state index contributed by atoms with van der Waals surface area (Å²) in [5, 5.41) is 0.502. The third-order valence-corrected chi connectivity index (χ3v) is 8.71. The Morgan fingerprint density at radius 3 is 2.53 bits per heavy atom. The van der Waals surface area contributed by atoms with Crippen molar-refractivity contribution in [3.05, 3.63) is 101 Å². The number of rotatable bonds is 11. The summed E-state index contributed by atoms with van der Waals surface area (Å²) in [4.78, 5) is 35.9. The number of hydrogen-bond acceptors (Lipinski definition) is 6. The number of ether oxygens (including phenoxy) is 1. The molecule has 0 spiro atoms. The van der Waals surface area contributed by atoms with Gasteiger partial charge in [0.1, 0.15) is 5.75 Å². The number of amides is 2. The number of nitrogens with zero attached hydrogens (tertiary/aromatic N) is 1. The first-order chi connectivity index (χ1) is 20.6. The Hall–Kier alpha value is -3.44. The second-order valence-electron chi connectivity index (χ2n) is 10.8. The van der Waals surface area contributed by atoms with Gasteiger partial charge in [0.25, 0.3) is 11.8 Å². The zero-order chi connectivity index (χ0) is 31.1. The van der Waals surface area contributed by atoms with Crippen LogP contribution in [0.2, 0.25) is 5.02 Å². The van der Waals surface area contributed by atoms with Gasteiger partial charge in [-0.2, -0.15) is 0 Å². The highest BCUT2D eigenvalue weighted by Crippen LogP contribution is 2.48. The Kier molecular flexibility index (Phi) is 10.8. The molecule has 1 aliphatic heterocycles. The molecule has 1 unspecified atom stereocenters. The number of hydroxylamine groups is 1. The van der Waals surface area contributed by atoms with Crippen molar-refractivity contribution in [2.24, 2.45) is 0 Å². The van der Waals surface area contributed by atoms with Crippen molar-refractivity contribution in [1.29, 1.82) is 0 Å². The Morgan fingerprint density at radius 2 is 1.86 bits per heavy atom. The predicted molar refractivity (Wildman–Crippen MR) is 167 cm³/mol. The van der Waals surface area contributed by atoms with Gasteiger partial charge in [0.2, 0.25) is 10.0 Å². The van der Waals surface area contributed by atoms with Crippen LogP contribution in [0.5, 0.6) is 5.75 Å². The highest BCUT2D eigenvalue weighted by molar-refractivity contribution is 7.88. The zero-order valence-electron chi connectivity index (χ0n) is 24.6. The van der Waals surface area contributed by atoms with Gasteiger partial charge < -0.3 is 9.64 Å². The molecule has 11 heteroatoms. The van der Waals surface area contributed by atoms with Gasteiger partial charge in [-0.05, 0) is 55.2 Å². The van der Waals surface area contributed by atoms with Crippen molar-refractivity contribution in [3.8, 4) is 5.75 Å². The van der Waals surface area contributed by atoms with Gasteiger partial charge >= 0.3 is 0 Å². The molecule has 9 nitrogen and oxygen atoms in total. The molecule has 0 radical (unpaired) electrons. The molecule has 1 aliphatic carbocycles. The number of hydrogen-bond donors (Lipinski definition) is 2. The zero-order valence-corrected chi connectivity index (χ0v) is 26.2. The summed E-state index contributed by atoms with van der Waals surface area (Å²) in [5.74, 6) is -1.33. The first-order valence-electron chi connectivity index (χ1n) is 14.1. The third-order valence-electron chi connectivity index (χ3n) is 7.72. The first-order valence-corrected chi connectivity index (χ1v) is 16.4. The van der Waals surface area contributed by atoms with E-state index in [1.807, 2.05) is 19.1 Å². The van der Waals surface area contributed by atoms with Crippen LogP contribution in [0.25, 0.3) is 0 Å². The lowest BCUT2D eigenvalue weighted by atomic mass is 9.76. The number of benzene rings is 2. The monoisotopic (exact) mass is 627 g/mol. The normalized spacial score (nSPS) is 22.7. The van der Waals surface area contributed by atoms with Crippen molar-refractivity contribution >= 4 is 33.4 Å². The number of nitrogens with one attached hydrogen (secondary N) is 2. The van der Waals surface area contributed by atoms with Crippen molar-refractivity contribution in [1.82, 2.24) is 15.1 Å². The minimum atomic E-state index is -3.57. The lowest BCUT2D eigenvalue weighted by Gasteiger charge is -2.49. The lowest BCUT2D eigenvalue weighted by Crippen LogP contribution is -2.59. The smallest absolute Gasteiger partial charge is 0.255 e. The number of carbonyl (C=O) groups excluding carboxylic acids is 2. The van der Waals surface area contributed by atoms with Crippen LogP contribution >= 0.6 is 11.6 Å². The molecule has 1 heterocycles. The van der Waals surface area contributed by atoms with Crippen LogP contribution in [0.4, 0.5) is 0 Å². The summed E-state index contributed by atoms with van der Waals surface area (Å²) in [6, 6.07) is 10.3. The minimum absolute atomic E-state index is 0.135. The average molecular weight is 628 g/mol. The largest absolute Gasteiger partial charge is 0.496 e. The van der Waals surface area contributed by atoms with E-state index in [-0.39, 0.29) is 12.5 Å². The van der Waals surface area contributed by atoms with E-state index in [2.05, 4.69) is 16.8 Å². The number of carbonyl (C=O) groups is 2. The molecule has 2 amide bonds. The summed E-state index contributed by atoms with van der Waals surface area (Å²) < 4.78 is 33.2. The molecule has 4 atom stereocenters. The molecule has 2 N–H and O–H groups in total. The van der Waals surface area contributed by atoms with E-state index in [4.69, 9.17) is 21.2 Å². The number of sulfonamides is 1. The summed E-state index contributed by atoms with van der Waals surface area (Å²) in [6.07, 6.45) is 11.0. The average Bonchev–Trinajstić information content (AvgIpc) is 2.97. The molecule has 2 aromatic carbocycles. The van der Waals surface area contributed by atoms with E-state index in [1.54, 1.807) is 59.5 Å². The van der Waals surface area contributed by atoms with Crippen LogP contribution in [0.15, 0.2) is 78.9 Å². The fraction of sp³-hybridized carbons (Fsp3) is 0.375. The highest BCUT2D eigenvalue weighted by Gasteiger charge is 2.50. The SMILES string of the molecule is C=C/C=C\C=C(/C)CONC(=O)[C@@H]1c2c(OC)cccc2C(=O)N(C2CCCC[C@@H]2NS(C)(=O)=O)[C@H]1c1ccc(Cl)cc1. The van der Waals surface area contributed by atoms with Crippen LogP contribution in [0, 0.1) is 0 Å². The van der Waals surface area contributed by atoms with E-state index in [0.717, 1.165) is 24.7 Å². The molecule has 43 heavy (non-hydrogen) atoms. The van der Waals surface area contributed by atoms with E-state index < -0.39 is 40.0 Å². The number of fused-ring (bicyclic) bond motifs is 1. The number of allylic oxidation sites excluding steroid dienone is 4. The van der Waals surface area contributed by atoms with Gasteiger partial charge in [0.05, 0.1) is 31.9 Å². The van der Waals surface area contributed by atoms with Gasteiger partial charge in [0.15, 0.2) is 0 Å². The van der Waals surface area contributed by atoms with E-state index in [0.29, 0.717) is 40.3 Å². The Morgan fingerprint density at radius 1 is 1.14 bits per heavy atom. The quantitative estimate of drug-likeness (QED) is 0.261. The van der Waals surface area contributed by atoms with E-state index in [9.17, 15) is 18.0 Å². The molecule has 1 fully saturated rings. The van der Waals surface area contributed by atoms with Gasteiger partial charge in [-0.25, -0.2) is 18.6 Å². The lowest BCUT2D eigenvalue weighted by molar-refractivity contribution is -0.136. The molecule has 1 saturated carbocycles. The first kappa shape index (κ1) is 32.5. The fourth-order valence-corrected chi connectivity index (χ4v) is 6.90. The van der Waals surface area contributed by atoms with Gasteiger partial charge in [-0.1, -0.05) is 73.5 Å².